The summed E-state index contributed by atoms with van der Waals surface area (Å²) in [4.78, 5) is 22.3. The van der Waals surface area contributed by atoms with Gasteiger partial charge in [0.05, 0.1) is 17.9 Å². The molecule has 0 atom stereocenters. The lowest BCUT2D eigenvalue weighted by atomic mass is 10.1. The van der Waals surface area contributed by atoms with Crippen LogP contribution in [-0.4, -0.2) is 32.8 Å². The number of nitrogens with one attached hydrogen (secondary N) is 1. The minimum absolute atomic E-state index is 0.00267. The van der Waals surface area contributed by atoms with Crippen molar-refractivity contribution in [3.05, 3.63) is 64.2 Å². The van der Waals surface area contributed by atoms with Crippen molar-refractivity contribution < 1.29 is 15.0 Å². The lowest BCUT2D eigenvalue weighted by molar-refractivity contribution is -0.136. The highest BCUT2D eigenvalue weighted by Gasteiger charge is 2.13. The Balaban J connectivity index is 1.90. The molecule has 0 aliphatic rings. The summed E-state index contributed by atoms with van der Waals surface area (Å²) in [7, 11) is 0. The van der Waals surface area contributed by atoms with E-state index < -0.39 is 5.97 Å². The number of benzene rings is 1. The van der Waals surface area contributed by atoms with Gasteiger partial charge >= 0.3 is 5.97 Å². The number of anilines is 2. The van der Waals surface area contributed by atoms with E-state index in [4.69, 9.17) is 15.2 Å². The van der Waals surface area contributed by atoms with Crippen molar-refractivity contribution in [2.75, 3.05) is 11.9 Å². The smallest absolute Gasteiger partial charge is 0.307 e. The molecule has 7 heteroatoms. The molecule has 29 heavy (non-hydrogen) atoms. The molecular formula is C22H23N3O3S. The molecular weight excluding hydrogens is 386 g/mol. The number of carbonyl (C=O) groups is 1. The molecule has 0 aliphatic heterocycles. The molecule has 3 aromatic rings. The zero-order valence-electron chi connectivity index (χ0n) is 16.3. The number of rotatable bonds is 8. The maximum atomic E-state index is 10.8. The van der Waals surface area contributed by atoms with E-state index in [1.165, 1.54) is 0 Å². The molecule has 0 unspecified atom stereocenters. The van der Waals surface area contributed by atoms with Crippen LogP contribution >= 0.6 is 11.3 Å². The van der Waals surface area contributed by atoms with E-state index in [1.807, 2.05) is 37.3 Å². The third kappa shape index (κ3) is 5.28. The quantitative estimate of drug-likeness (QED) is 0.509. The van der Waals surface area contributed by atoms with Crippen molar-refractivity contribution in [2.24, 2.45) is 0 Å². The van der Waals surface area contributed by atoms with Crippen molar-refractivity contribution in [2.45, 2.75) is 26.7 Å². The number of aliphatic hydroxyl groups is 1. The largest absolute Gasteiger partial charge is 0.481 e. The van der Waals surface area contributed by atoms with Gasteiger partial charge in [-0.3, -0.25) is 4.79 Å². The summed E-state index contributed by atoms with van der Waals surface area (Å²) in [6, 6.07) is 11.3. The molecule has 2 heterocycles. The van der Waals surface area contributed by atoms with E-state index in [9.17, 15) is 4.79 Å². The summed E-state index contributed by atoms with van der Waals surface area (Å²) in [5.74, 6) is 0.555. The van der Waals surface area contributed by atoms with Gasteiger partial charge in [-0.15, -0.1) is 11.3 Å². The van der Waals surface area contributed by atoms with Crippen LogP contribution in [0.3, 0.4) is 0 Å². The zero-order chi connectivity index (χ0) is 20.8. The van der Waals surface area contributed by atoms with E-state index in [-0.39, 0.29) is 13.0 Å². The van der Waals surface area contributed by atoms with E-state index in [0.717, 1.165) is 44.5 Å². The van der Waals surface area contributed by atoms with Crippen molar-refractivity contribution in [3.63, 3.8) is 0 Å². The number of hydrogen-bond donors (Lipinski definition) is 3. The minimum Gasteiger partial charge on any atom is -0.481 e. The van der Waals surface area contributed by atoms with Crippen LogP contribution in [0.2, 0.25) is 0 Å². The zero-order valence-corrected chi connectivity index (χ0v) is 17.2. The third-order valence-electron chi connectivity index (χ3n) is 4.37. The van der Waals surface area contributed by atoms with Crippen LogP contribution < -0.4 is 5.32 Å². The van der Waals surface area contributed by atoms with Gasteiger partial charge in [0.2, 0.25) is 0 Å². The number of aliphatic hydroxyl groups excluding tert-OH is 1. The monoisotopic (exact) mass is 409 g/mol. The predicted octanol–water partition coefficient (Wildman–Crippen LogP) is 4.45. The highest BCUT2D eigenvalue weighted by molar-refractivity contribution is 7.16. The number of hydrogen-bond acceptors (Lipinski definition) is 6. The molecule has 0 radical (unpaired) electrons. The Morgan fingerprint density at radius 2 is 1.93 bits per heavy atom. The second-order valence-electron chi connectivity index (χ2n) is 6.49. The van der Waals surface area contributed by atoms with Crippen LogP contribution in [0.1, 0.15) is 28.6 Å². The van der Waals surface area contributed by atoms with Gasteiger partial charge in [-0.1, -0.05) is 25.1 Å². The molecule has 0 aliphatic carbocycles. The molecule has 0 spiro atoms. The summed E-state index contributed by atoms with van der Waals surface area (Å²) < 4.78 is 0. The van der Waals surface area contributed by atoms with Gasteiger partial charge in [-0.25, -0.2) is 9.97 Å². The Bertz CT molecular complexity index is 1030. The molecule has 6 nitrogen and oxygen atoms in total. The third-order valence-corrected chi connectivity index (χ3v) is 5.42. The normalized spacial score (nSPS) is 11.1. The highest BCUT2D eigenvalue weighted by atomic mass is 32.1. The Labute approximate surface area is 173 Å². The second kappa shape index (κ2) is 9.45. The van der Waals surface area contributed by atoms with Crippen LogP contribution in [0.4, 0.5) is 11.5 Å². The number of aromatic nitrogens is 2. The van der Waals surface area contributed by atoms with E-state index in [0.29, 0.717) is 5.82 Å². The molecule has 3 N–H and O–H groups in total. The van der Waals surface area contributed by atoms with Gasteiger partial charge in [-0.05, 0) is 49.2 Å². The number of aliphatic carboxylic acids is 1. The van der Waals surface area contributed by atoms with Crippen LogP contribution in [0.15, 0.2) is 42.5 Å². The van der Waals surface area contributed by atoms with Crippen molar-refractivity contribution in [3.8, 4) is 10.7 Å². The Morgan fingerprint density at radius 3 is 2.59 bits per heavy atom. The van der Waals surface area contributed by atoms with Crippen LogP contribution in [0.25, 0.3) is 16.8 Å². The Morgan fingerprint density at radius 1 is 1.17 bits per heavy atom. The van der Waals surface area contributed by atoms with Gasteiger partial charge in [0.1, 0.15) is 5.82 Å². The van der Waals surface area contributed by atoms with E-state index in [1.54, 1.807) is 29.5 Å². The fraction of sp³-hybridized carbons (Fsp3) is 0.227. The second-order valence-corrected chi connectivity index (χ2v) is 7.61. The summed E-state index contributed by atoms with van der Waals surface area (Å²) in [6.45, 7) is 4.05. The molecule has 0 saturated carbocycles. The predicted molar refractivity (Wildman–Crippen MR) is 117 cm³/mol. The first-order valence-corrected chi connectivity index (χ1v) is 10.1. The number of nitrogens with zero attached hydrogens (tertiary/aromatic N) is 2. The molecule has 1 aromatic carbocycles. The highest BCUT2D eigenvalue weighted by Crippen LogP contribution is 2.30. The van der Waals surface area contributed by atoms with Crippen LogP contribution in [0, 0.1) is 6.92 Å². The summed E-state index contributed by atoms with van der Waals surface area (Å²) in [5.41, 5.74) is 3.56. The Hall–Kier alpha value is -3.03. The first-order valence-electron chi connectivity index (χ1n) is 9.33. The first-order chi connectivity index (χ1) is 14.0. The lowest BCUT2D eigenvalue weighted by Crippen LogP contribution is -2.05. The molecule has 0 fully saturated rings. The number of carboxylic acids is 1. The van der Waals surface area contributed by atoms with Gasteiger partial charge in [0.25, 0.3) is 0 Å². The minimum atomic E-state index is -0.848. The summed E-state index contributed by atoms with van der Waals surface area (Å²) >= 11 is 1.56. The van der Waals surface area contributed by atoms with Gasteiger partial charge < -0.3 is 15.5 Å². The maximum absolute atomic E-state index is 10.8. The fourth-order valence-corrected chi connectivity index (χ4v) is 3.85. The van der Waals surface area contributed by atoms with Crippen molar-refractivity contribution in [1.82, 2.24) is 9.97 Å². The Kier molecular flexibility index (Phi) is 6.74. The average Bonchev–Trinajstić information content (AvgIpc) is 3.16. The van der Waals surface area contributed by atoms with Crippen molar-refractivity contribution >= 4 is 34.9 Å². The first kappa shape index (κ1) is 20.7. The summed E-state index contributed by atoms with van der Waals surface area (Å²) in [5, 5.41) is 21.2. The van der Waals surface area contributed by atoms with Crippen LogP contribution in [-0.2, 0) is 17.6 Å². The molecule has 0 bridgehead atoms. The standard InChI is InChI=1S/C22H23N3O3S/c1-3-18-14(2)23-22(19-11-10-17(29-19)5-4-12-26)25-21(18)24-16-8-6-15(7-9-16)13-20(27)28/h4-11,26H,3,12-13H2,1-2H3,(H,27,28)(H,23,24,25)/b5-4+. The van der Waals surface area contributed by atoms with Gasteiger partial charge in [0.15, 0.2) is 5.82 Å². The number of carboxylic acid groups (broad SMARTS) is 1. The average molecular weight is 410 g/mol. The lowest BCUT2D eigenvalue weighted by Gasteiger charge is -2.14. The maximum Gasteiger partial charge on any atom is 0.307 e. The molecule has 3 rings (SSSR count). The number of thiophene rings is 1. The van der Waals surface area contributed by atoms with E-state index >= 15 is 0 Å². The molecule has 0 amide bonds. The molecule has 150 valence electrons. The number of aryl methyl sites for hydroxylation is 1. The fourth-order valence-electron chi connectivity index (χ4n) is 2.98. The topological polar surface area (TPSA) is 95.3 Å². The summed E-state index contributed by atoms with van der Waals surface area (Å²) in [6.07, 6.45) is 4.37. The SMILES string of the molecule is CCc1c(C)nc(-c2ccc(/C=C/CO)s2)nc1Nc1ccc(CC(=O)O)cc1. The van der Waals surface area contributed by atoms with Crippen LogP contribution in [0.5, 0.6) is 0 Å². The van der Waals surface area contributed by atoms with E-state index in [2.05, 4.69) is 17.2 Å². The van der Waals surface area contributed by atoms with Gasteiger partial charge in [0, 0.05) is 21.8 Å². The molecule has 2 aromatic heterocycles. The van der Waals surface area contributed by atoms with Gasteiger partial charge in [-0.2, -0.15) is 0 Å². The molecule has 0 saturated heterocycles. The van der Waals surface area contributed by atoms with Crippen molar-refractivity contribution in [1.29, 1.82) is 0 Å².